The van der Waals surface area contributed by atoms with Crippen molar-refractivity contribution in [3.63, 3.8) is 0 Å². The number of amides is 2. The maximum absolute atomic E-state index is 12.1. The lowest BCUT2D eigenvalue weighted by Gasteiger charge is -2.16. The SMILES string of the molecule is CCNC(=O)CNC(=O)c1cc([N+](=O)[O-])ccc1N(C)C. The van der Waals surface area contributed by atoms with E-state index in [0.717, 1.165) is 0 Å². The molecule has 0 unspecified atom stereocenters. The molecule has 0 atom stereocenters. The van der Waals surface area contributed by atoms with Gasteiger partial charge in [-0.2, -0.15) is 0 Å². The molecule has 0 aliphatic carbocycles. The van der Waals surface area contributed by atoms with Crippen LogP contribution in [0, 0.1) is 10.1 Å². The summed E-state index contributed by atoms with van der Waals surface area (Å²) in [6.07, 6.45) is 0. The van der Waals surface area contributed by atoms with Gasteiger partial charge < -0.3 is 15.5 Å². The van der Waals surface area contributed by atoms with E-state index in [9.17, 15) is 19.7 Å². The van der Waals surface area contributed by atoms with Crippen LogP contribution in [0.25, 0.3) is 0 Å². The molecule has 0 saturated carbocycles. The third kappa shape index (κ3) is 4.44. The molecule has 8 heteroatoms. The molecule has 2 N–H and O–H groups in total. The number of carbonyl (C=O) groups is 2. The Kier molecular flexibility index (Phi) is 5.65. The van der Waals surface area contributed by atoms with Crippen LogP contribution in [-0.4, -0.2) is 43.9 Å². The summed E-state index contributed by atoms with van der Waals surface area (Å²) in [6.45, 7) is 2.06. The van der Waals surface area contributed by atoms with Crippen LogP contribution in [0.1, 0.15) is 17.3 Å². The zero-order valence-electron chi connectivity index (χ0n) is 12.2. The molecule has 0 heterocycles. The fourth-order valence-corrected chi connectivity index (χ4v) is 1.72. The van der Waals surface area contributed by atoms with Gasteiger partial charge in [0.2, 0.25) is 5.91 Å². The molecule has 0 fully saturated rings. The van der Waals surface area contributed by atoms with Crippen molar-refractivity contribution in [2.75, 3.05) is 32.1 Å². The zero-order chi connectivity index (χ0) is 16.0. The molecule has 0 bridgehead atoms. The highest BCUT2D eigenvalue weighted by atomic mass is 16.6. The standard InChI is InChI=1S/C13H18N4O4/c1-4-14-12(18)8-15-13(19)10-7-9(17(20)21)5-6-11(10)16(2)3/h5-7H,4,8H2,1-3H3,(H,14,18)(H,15,19). The Bertz CT molecular complexity index is 557. The summed E-state index contributed by atoms with van der Waals surface area (Å²) in [5.74, 6) is -0.851. The van der Waals surface area contributed by atoms with Crippen molar-refractivity contribution in [2.24, 2.45) is 0 Å². The van der Waals surface area contributed by atoms with Crippen molar-refractivity contribution in [2.45, 2.75) is 6.92 Å². The molecule has 1 rings (SSSR count). The average Bonchev–Trinajstić information content (AvgIpc) is 2.44. The molecule has 0 aliphatic heterocycles. The Morgan fingerprint density at radius 3 is 2.48 bits per heavy atom. The number of hydrogen-bond acceptors (Lipinski definition) is 5. The molecule has 0 saturated heterocycles. The Balaban J connectivity index is 2.97. The topological polar surface area (TPSA) is 105 Å². The van der Waals surface area contributed by atoms with E-state index in [1.807, 2.05) is 0 Å². The molecule has 0 spiro atoms. The summed E-state index contributed by atoms with van der Waals surface area (Å²) in [5.41, 5.74) is 0.510. The summed E-state index contributed by atoms with van der Waals surface area (Å²) in [6, 6.07) is 4.03. The Labute approximate surface area is 122 Å². The number of carbonyl (C=O) groups excluding carboxylic acids is 2. The predicted molar refractivity (Wildman–Crippen MR) is 78.4 cm³/mol. The highest BCUT2D eigenvalue weighted by Gasteiger charge is 2.18. The third-order valence-corrected chi connectivity index (χ3v) is 2.70. The fourth-order valence-electron chi connectivity index (χ4n) is 1.72. The molecular formula is C13H18N4O4. The van der Waals surface area contributed by atoms with Gasteiger partial charge in [0.05, 0.1) is 17.0 Å². The number of rotatable bonds is 6. The highest BCUT2D eigenvalue weighted by Crippen LogP contribution is 2.24. The van der Waals surface area contributed by atoms with E-state index in [1.54, 1.807) is 25.9 Å². The number of likely N-dealkylation sites (N-methyl/N-ethyl adjacent to an activating group) is 1. The maximum Gasteiger partial charge on any atom is 0.270 e. The van der Waals surface area contributed by atoms with E-state index in [2.05, 4.69) is 10.6 Å². The van der Waals surface area contributed by atoms with Crippen LogP contribution in [0.2, 0.25) is 0 Å². The smallest absolute Gasteiger partial charge is 0.270 e. The quantitative estimate of drug-likeness (QED) is 0.588. The van der Waals surface area contributed by atoms with Crippen LogP contribution < -0.4 is 15.5 Å². The molecule has 21 heavy (non-hydrogen) atoms. The molecule has 8 nitrogen and oxygen atoms in total. The molecular weight excluding hydrogens is 276 g/mol. The first kappa shape index (κ1) is 16.4. The number of nitro benzene ring substituents is 1. The van der Waals surface area contributed by atoms with Crippen LogP contribution in [0.3, 0.4) is 0 Å². The van der Waals surface area contributed by atoms with Gasteiger partial charge in [0.25, 0.3) is 11.6 Å². The highest BCUT2D eigenvalue weighted by molar-refractivity contribution is 6.01. The fraction of sp³-hybridized carbons (Fsp3) is 0.385. The van der Waals surface area contributed by atoms with Crippen molar-refractivity contribution >= 4 is 23.2 Å². The first-order valence-corrected chi connectivity index (χ1v) is 6.37. The van der Waals surface area contributed by atoms with E-state index in [4.69, 9.17) is 0 Å². The summed E-state index contributed by atoms with van der Waals surface area (Å²) < 4.78 is 0. The van der Waals surface area contributed by atoms with Gasteiger partial charge in [-0.05, 0) is 13.0 Å². The molecule has 0 aromatic heterocycles. The largest absolute Gasteiger partial charge is 0.377 e. The van der Waals surface area contributed by atoms with Gasteiger partial charge in [-0.3, -0.25) is 19.7 Å². The van der Waals surface area contributed by atoms with Gasteiger partial charge in [0.1, 0.15) is 0 Å². The number of hydrogen-bond donors (Lipinski definition) is 2. The second-order valence-corrected chi connectivity index (χ2v) is 4.49. The average molecular weight is 294 g/mol. The summed E-state index contributed by atoms with van der Waals surface area (Å²) in [5, 5.41) is 15.8. The molecule has 1 aromatic rings. The van der Waals surface area contributed by atoms with Crippen LogP contribution >= 0.6 is 0 Å². The number of non-ortho nitro benzene ring substituents is 1. The van der Waals surface area contributed by atoms with E-state index in [-0.39, 0.29) is 23.7 Å². The van der Waals surface area contributed by atoms with Gasteiger partial charge in [-0.15, -0.1) is 0 Å². The number of nitrogens with one attached hydrogen (secondary N) is 2. The van der Waals surface area contributed by atoms with Gasteiger partial charge in [0, 0.05) is 38.5 Å². The number of nitrogens with zero attached hydrogens (tertiary/aromatic N) is 2. The third-order valence-electron chi connectivity index (χ3n) is 2.70. The summed E-state index contributed by atoms with van der Waals surface area (Å²) in [7, 11) is 3.45. The monoisotopic (exact) mass is 294 g/mol. The van der Waals surface area contributed by atoms with E-state index >= 15 is 0 Å². The molecule has 2 amide bonds. The Morgan fingerprint density at radius 1 is 1.29 bits per heavy atom. The predicted octanol–water partition coefficient (Wildman–Crippen LogP) is 0.527. The van der Waals surface area contributed by atoms with E-state index in [1.165, 1.54) is 18.2 Å². The minimum Gasteiger partial charge on any atom is -0.377 e. The minimum absolute atomic E-state index is 0.151. The lowest BCUT2D eigenvalue weighted by atomic mass is 10.1. The van der Waals surface area contributed by atoms with Crippen LogP contribution in [0.5, 0.6) is 0 Å². The molecule has 0 aliphatic rings. The minimum atomic E-state index is -0.569. The molecule has 114 valence electrons. The maximum atomic E-state index is 12.1. The molecule has 0 radical (unpaired) electrons. The summed E-state index contributed by atoms with van der Waals surface area (Å²) >= 11 is 0. The summed E-state index contributed by atoms with van der Waals surface area (Å²) in [4.78, 5) is 35.3. The first-order chi connectivity index (χ1) is 9.86. The van der Waals surface area contributed by atoms with Crippen LogP contribution in [0.15, 0.2) is 18.2 Å². The van der Waals surface area contributed by atoms with Crippen LogP contribution in [0.4, 0.5) is 11.4 Å². The normalized spacial score (nSPS) is 9.86. The van der Waals surface area contributed by atoms with Gasteiger partial charge in [0.15, 0.2) is 0 Å². The van der Waals surface area contributed by atoms with Crippen molar-refractivity contribution in [1.82, 2.24) is 10.6 Å². The second kappa shape index (κ2) is 7.22. The zero-order valence-corrected chi connectivity index (χ0v) is 12.2. The number of benzene rings is 1. The second-order valence-electron chi connectivity index (χ2n) is 4.49. The number of nitro groups is 1. The van der Waals surface area contributed by atoms with Crippen molar-refractivity contribution < 1.29 is 14.5 Å². The Morgan fingerprint density at radius 2 is 1.95 bits per heavy atom. The van der Waals surface area contributed by atoms with E-state index in [0.29, 0.717) is 12.2 Å². The lowest BCUT2D eigenvalue weighted by Crippen LogP contribution is -2.37. The van der Waals surface area contributed by atoms with E-state index < -0.39 is 10.8 Å². The van der Waals surface area contributed by atoms with Crippen molar-refractivity contribution in [3.05, 3.63) is 33.9 Å². The van der Waals surface area contributed by atoms with Gasteiger partial charge in [-0.1, -0.05) is 0 Å². The first-order valence-electron chi connectivity index (χ1n) is 6.37. The Hall–Kier alpha value is -2.64. The van der Waals surface area contributed by atoms with Crippen LogP contribution in [-0.2, 0) is 4.79 Å². The molecule has 1 aromatic carbocycles. The number of anilines is 1. The van der Waals surface area contributed by atoms with Gasteiger partial charge >= 0.3 is 0 Å². The van der Waals surface area contributed by atoms with Gasteiger partial charge in [-0.25, -0.2) is 0 Å². The van der Waals surface area contributed by atoms with Crippen molar-refractivity contribution in [1.29, 1.82) is 0 Å². The lowest BCUT2D eigenvalue weighted by molar-refractivity contribution is -0.384. The van der Waals surface area contributed by atoms with Crippen molar-refractivity contribution in [3.8, 4) is 0 Å².